The second kappa shape index (κ2) is 7.27. The van der Waals surface area contributed by atoms with Crippen LogP contribution in [-0.4, -0.2) is 67.1 Å². The average molecular weight is 318 g/mol. The first-order chi connectivity index (χ1) is 11.1. The number of rotatable bonds is 4. The Balaban J connectivity index is 1.57. The Hall–Kier alpha value is -1.66. The minimum Gasteiger partial charge on any atom is -0.363 e. The van der Waals surface area contributed by atoms with Crippen LogP contribution < -0.4 is 4.90 Å². The van der Waals surface area contributed by atoms with Gasteiger partial charge in [0.2, 0.25) is 0 Å². The van der Waals surface area contributed by atoms with Crippen LogP contribution in [0.5, 0.6) is 0 Å². The summed E-state index contributed by atoms with van der Waals surface area (Å²) in [6.07, 6.45) is 3.95. The number of piperazine rings is 1. The molecule has 2 aliphatic rings. The lowest BCUT2D eigenvalue weighted by atomic mass is 10.0. The highest BCUT2D eigenvalue weighted by Gasteiger charge is 2.26. The third-order valence-electron chi connectivity index (χ3n) is 5.18. The highest BCUT2D eigenvalue weighted by molar-refractivity contribution is 5.63. The van der Waals surface area contributed by atoms with Gasteiger partial charge in [-0.05, 0) is 32.5 Å². The molecule has 0 amide bonds. The summed E-state index contributed by atoms with van der Waals surface area (Å²) in [7, 11) is 2.23. The smallest absolute Gasteiger partial charge is 0.292 e. The molecule has 0 spiro atoms. The summed E-state index contributed by atoms with van der Waals surface area (Å²) in [5, 5.41) is 11.2. The number of nitro groups is 1. The van der Waals surface area contributed by atoms with E-state index >= 15 is 0 Å². The zero-order chi connectivity index (χ0) is 16.2. The molecule has 1 aromatic carbocycles. The van der Waals surface area contributed by atoms with E-state index in [4.69, 9.17) is 0 Å². The molecule has 2 aliphatic heterocycles. The van der Waals surface area contributed by atoms with Crippen molar-refractivity contribution in [2.75, 3.05) is 51.2 Å². The fourth-order valence-corrected chi connectivity index (χ4v) is 3.73. The van der Waals surface area contributed by atoms with Crippen molar-refractivity contribution in [3.8, 4) is 0 Å². The topological polar surface area (TPSA) is 52.9 Å². The normalized spacial score (nSPS) is 23.9. The van der Waals surface area contributed by atoms with Gasteiger partial charge in [0.05, 0.1) is 4.92 Å². The molecule has 126 valence electrons. The largest absolute Gasteiger partial charge is 0.363 e. The number of hydrogen-bond donors (Lipinski definition) is 0. The van der Waals surface area contributed by atoms with Crippen molar-refractivity contribution in [3.63, 3.8) is 0 Å². The maximum atomic E-state index is 11.2. The minimum atomic E-state index is -0.279. The van der Waals surface area contributed by atoms with E-state index in [0.29, 0.717) is 6.04 Å². The van der Waals surface area contributed by atoms with Crippen molar-refractivity contribution in [1.29, 1.82) is 0 Å². The van der Waals surface area contributed by atoms with Crippen LogP contribution in [0.4, 0.5) is 11.4 Å². The molecule has 23 heavy (non-hydrogen) atoms. The molecule has 0 aromatic heterocycles. The summed E-state index contributed by atoms with van der Waals surface area (Å²) in [6.45, 7) is 6.03. The van der Waals surface area contributed by atoms with Gasteiger partial charge in [-0.2, -0.15) is 0 Å². The van der Waals surface area contributed by atoms with Crippen molar-refractivity contribution in [3.05, 3.63) is 34.4 Å². The summed E-state index contributed by atoms with van der Waals surface area (Å²) < 4.78 is 0. The molecule has 2 heterocycles. The molecule has 2 fully saturated rings. The third kappa shape index (κ3) is 3.82. The Labute approximate surface area is 137 Å². The number of para-hydroxylation sites is 2. The maximum Gasteiger partial charge on any atom is 0.292 e. The highest BCUT2D eigenvalue weighted by Crippen LogP contribution is 2.28. The van der Waals surface area contributed by atoms with Gasteiger partial charge in [-0.25, -0.2) is 0 Å². The highest BCUT2D eigenvalue weighted by atomic mass is 16.6. The Kier molecular flexibility index (Phi) is 5.13. The van der Waals surface area contributed by atoms with Gasteiger partial charge in [0.15, 0.2) is 0 Å². The van der Waals surface area contributed by atoms with E-state index in [0.717, 1.165) is 38.4 Å². The quantitative estimate of drug-likeness (QED) is 0.629. The summed E-state index contributed by atoms with van der Waals surface area (Å²) in [5.74, 6) is 0. The van der Waals surface area contributed by atoms with Gasteiger partial charge in [-0.15, -0.1) is 0 Å². The van der Waals surface area contributed by atoms with E-state index in [-0.39, 0.29) is 10.6 Å². The van der Waals surface area contributed by atoms with E-state index in [9.17, 15) is 10.1 Å². The molecule has 0 saturated carbocycles. The molecule has 0 bridgehead atoms. The molecule has 3 rings (SSSR count). The lowest BCUT2D eigenvalue weighted by Crippen LogP contribution is -2.52. The number of piperidine rings is 1. The van der Waals surface area contributed by atoms with Crippen LogP contribution in [0.2, 0.25) is 0 Å². The number of likely N-dealkylation sites (N-methyl/N-ethyl adjacent to an activating group) is 1. The minimum absolute atomic E-state index is 0.216. The van der Waals surface area contributed by atoms with Crippen LogP contribution in [0.15, 0.2) is 24.3 Å². The standard InChI is InChI=1S/C17H26N4O2/c1-18-9-5-4-6-15(18)14-19-10-12-20(13-11-19)16-7-2-3-8-17(16)21(22)23/h2-3,7-8,15H,4-6,9-14H2,1H3. The zero-order valence-corrected chi connectivity index (χ0v) is 13.9. The molecule has 0 N–H and O–H groups in total. The molecular weight excluding hydrogens is 292 g/mol. The summed E-state index contributed by atoms with van der Waals surface area (Å²) in [4.78, 5) is 18.1. The SMILES string of the molecule is CN1CCCCC1CN1CCN(c2ccccc2[N+](=O)[O-])CC1. The third-order valence-corrected chi connectivity index (χ3v) is 5.18. The molecule has 0 radical (unpaired) electrons. The van der Waals surface area contributed by atoms with Crippen molar-refractivity contribution in [2.45, 2.75) is 25.3 Å². The molecule has 2 saturated heterocycles. The van der Waals surface area contributed by atoms with Crippen molar-refractivity contribution in [1.82, 2.24) is 9.80 Å². The van der Waals surface area contributed by atoms with Gasteiger partial charge >= 0.3 is 0 Å². The summed E-state index contributed by atoms with van der Waals surface area (Å²) in [5.41, 5.74) is 0.972. The lowest BCUT2D eigenvalue weighted by molar-refractivity contribution is -0.384. The molecule has 0 aliphatic carbocycles. The predicted octanol–water partition coefficient (Wildman–Crippen LogP) is 2.20. The Morgan fingerprint density at radius 3 is 2.57 bits per heavy atom. The van der Waals surface area contributed by atoms with Gasteiger partial charge in [0.1, 0.15) is 5.69 Å². The Bertz CT molecular complexity index is 543. The fourth-order valence-electron chi connectivity index (χ4n) is 3.73. The number of anilines is 1. The number of nitrogens with zero attached hydrogens (tertiary/aromatic N) is 4. The lowest BCUT2D eigenvalue weighted by Gasteiger charge is -2.40. The van der Waals surface area contributed by atoms with Gasteiger partial charge in [0.25, 0.3) is 5.69 Å². The van der Waals surface area contributed by atoms with Gasteiger partial charge < -0.3 is 9.80 Å². The number of likely N-dealkylation sites (tertiary alicyclic amines) is 1. The molecule has 6 heteroatoms. The predicted molar refractivity (Wildman–Crippen MR) is 92.0 cm³/mol. The van der Waals surface area contributed by atoms with Crippen molar-refractivity contribution < 1.29 is 4.92 Å². The Morgan fingerprint density at radius 2 is 1.87 bits per heavy atom. The van der Waals surface area contributed by atoms with Gasteiger partial charge in [-0.3, -0.25) is 15.0 Å². The molecule has 1 aromatic rings. The molecule has 1 atom stereocenters. The number of benzene rings is 1. The van der Waals surface area contributed by atoms with E-state index in [1.807, 2.05) is 12.1 Å². The number of nitro benzene ring substituents is 1. The molecule has 1 unspecified atom stereocenters. The summed E-state index contributed by atoms with van der Waals surface area (Å²) >= 11 is 0. The monoisotopic (exact) mass is 318 g/mol. The maximum absolute atomic E-state index is 11.2. The van der Waals surface area contributed by atoms with E-state index in [1.165, 1.54) is 25.8 Å². The second-order valence-electron chi connectivity index (χ2n) is 6.66. The van der Waals surface area contributed by atoms with Crippen LogP contribution in [-0.2, 0) is 0 Å². The van der Waals surface area contributed by atoms with E-state index in [1.54, 1.807) is 12.1 Å². The van der Waals surface area contributed by atoms with Gasteiger partial charge in [0, 0.05) is 44.8 Å². The van der Waals surface area contributed by atoms with Crippen LogP contribution >= 0.6 is 0 Å². The van der Waals surface area contributed by atoms with Crippen LogP contribution in [0.25, 0.3) is 0 Å². The van der Waals surface area contributed by atoms with Crippen LogP contribution in [0, 0.1) is 10.1 Å². The Morgan fingerprint density at radius 1 is 1.13 bits per heavy atom. The summed E-state index contributed by atoms with van der Waals surface area (Å²) in [6, 6.07) is 7.74. The first-order valence-corrected chi connectivity index (χ1v) is 8.56. The van der Waals surface area contributed by atoms with Crippen molar-refractivity contribution in [2.24, 2.45) is 0 Å². The van der Waals surface area contributed by atoms with Crippen LogP contribution in [0.1, 0.15) is 19.3 Å². The molecule has 6 nitrogen and oxygen atoms in total. The number of hydrogen-bond acceptors (Lipinski definition) is 5. The first-order valence-electron chi connectivity index (χ1n) is 8.56. The average Bonchev–Trinajstić information content (AvgIpc) is 2.58. The van der Waals surface area contributed by atoms with Crippen LogP contribution in [0.3, 0.4) is 0 Å². The van der Waals surface area contributed by atoms with E-state index < -0.39 is 0 Å². The van der Waals surface area contributed by atoms with Crippen molar-refractivity contribution >= 4 is 11.4 Å². The van der Waals surface area contributed by atoms with Gasteiger partial charge in [-0.1, -0.05) is 18.6 Å². The van der Waals surface area contributed by atoms with E-state index in [2.05, 4.69) is 21.7 Å². The first kappa shape index (κ1) is 16.2. The second-order valence-corrected chi connectivity index (χ2v) is 6.66. The fraction of sp³-hybridized carbons (Fsp3) is 0.647. The molecular formula is C17H26N4O2. The zero-order valence-electron chi connectivity index (χ0n) is 13.9.